The number of amides is 1. The van der Waals surface area contributed by atoms with Gasteiger partial charge >= 0.3 is 0 Å². The molecule has 5 heteroatoms. The number of carbonyl (C=O) groups excluding carboxylic acids is 1. The normalized spacial score (nSPS) is 12.1. The SMILES string of the molecule is CC(CO)SCCCC(=O)Nc1ccc(N)cc1. The van der Waals surface area contributed by atoms with Crippen molar-refractivity contribution in [3.63, 3.8) is 0 Å². The highest BCUT2D eigenvalue weighted by atomic mass is 32.2. The summed E-state index contributed by atoms with van der Waals surface area (Å²) in [5.41, 5.74) is 7.01. The summed E-state index contributed by atoms with van der Waals surface area (Å²) in [5.74, 6) is 0.897. The molecule has 100 valence electrons. The van der Waals surface area contributed by atoms with Crippen LogP contribution in [0.4, 0.5) is 11.4 Å². The lowest BCUT2D eigenvalue weighted by atomic mass is 10.2. The Kier molecular flexibility index (Phi) is 6.60. The number of nitrogen functional groups attached to an aromatic ring is 1. The lowest BCUT2D eigenvalue weighted by Crippen LogP contribution is -2.12. The third-order valence-corrected chi connectivity index (χ3v) is 3.64. The van der Waals surface area contributed by atoms with E-state index in [9.17, 15) is 4.79 Å². The largest absolute Gasteiger partial charge is 0.399 e. The van der Waals surface area contributed by atoms with E-state index in [1.54, 1.807) is 36.0 Å². The molecule has 4 nitrogen and oxygen atoms in total. The minimum absolute atomic E-state index is 0.0111. The molecule has 0 fully saturated rings. The summed E-state index contributed by atoms with van der Waals surface area (Å²) in [5, 5.41) is 11.9. The Labute approximate surface area is 112 Å². The van der Waals surface area contributed by atoms with Crippen LogP contribution < -0.4 is 11.1 Å². The molecular weight excluding hydrogens is 248 g/mol. The molecular formula is C13H20N2O2S. The van der Waals surface area contributed by atoms with E-state index in [1.165, 1.54) is 0 Å². The Morgan fingerprint density at radius 2 is 2.11 bits per heavy atom. The number of benzene rings is 1. The zero-order chi connectivity index (χ0) is 13.4. The van der Waals surface area contributed by atoms with Crippen LogP contribution in [0, 0.1) is 0 Å². The molecule has 0 aliphatic heterocycles. The Morgan fingerprint density at radius 1 is 1.44 bits per heavy atom. The van der Waals surface area contributed by atoms with Gasteiger partial charge in [-0.2, -0.15) is 11.8 Å². The van der Waals surface area contributed by atoms with Crippen molar-refractivity contribution in [2.75, 3.05) is 23.4 Å². The molecule has 18 heavy (non-hydrogen) atoms. The number of aliphatic hydroxyl groups excluding tert-OH is 1. The van der Waals surface area contributed by atoms with Gasteiger partial charge in [-0.05, 0) is 36.4 Å². The number of nitrogens with one attached hydrogen (secondary N) is 1. The summed E-state index contributed by atoms with van der Waals surface area (Å²) >= 11 is 1.68. The van der Waals surface area contributed by atoms with Crippen LogP contribution in [0.1, 0.15) is 19.8 Å². The highest BCUT2D eigenvalue weighted by Gasteiger charge is 2.04. The van der Waals surface area contributed by atoms with Gasteiger partial charge in [-0.1, -0.05) is 6.92 Å². The van der Waals surface area contributed by atoms with Crippen LogP contribution in [0.25, 0.3) is 0 Å². The summed E-state index contributed by atoms with van der Waals surface area (Å²) in [4.78, 5) is 11.6. The van der Waals surface area contributed by atoms with Crippen LogP contribution >= 0.6 is 11.8 Å². The molecule has 0 bridgehead atoms. The molecule has 0 heterocycles. The zero-order valence-corrected chi connectivity index (χ0v) is 11.4. The summed E-state index contributed by atoms with van der Waals surface area (Å²) in [7, 11) is 0. The quantitative estimate of drug-likeness (QED) is 0.523. The van der Waals surface area contributed by atoms with Crippen molar-refractivity contribution in [1.29, 1.82) is 0 Å². The van der Waals surface area contributed by atoms with E-state index in [2.05, 4.69) is 5.32 Å². The molecule has 0 saturated carbocycles. The first-order valence-electron chi connectivity index (χ1n) is 5.99. The Hall–Kier alpha value is -1.20. The third kappa shape index (κ3) is 5.93. The highest BCUT2D eigenvalue weighted by molar-refractivity contribution is 7.99. The maximum absolute atomic E-state index is 11.6. The molecule has 0 spiro atoms. The number of nitrogens with two attached hydrogens (primary N) is 1. The van der Waals surface area contributed by atoms with Crippen molar-refractivity contribution in [1.82, 2.24) is 0 Å². The molecule has 1 rings (SSSR count). The first-order valence-corrected chi connectivity index (χ1v) is 7.04. The lowest BCUT2D eigenvalue weighted by Gasteiger charge is -2.08. The maximum atomic E-state index is 11.6. The second kappa shape index (κ2) is 8.00. The van der Waals surface area contributed by atoms with Gasteiger partial charge in [0.1, 0.15) is 0 Å². The molecule has 4 N–H and O–H groups in total. The predicted octanol–water partition coefficient (Wildman–Crippen LogP) is 2.10. The van der Waals surface area contributed by atoms with Crippen LogP contribution in [-0.4, -0.2) is 28.6 Å². The van der Waals surface area contributed by atoms with E-state index >= 15 is 0 Å². The van der Waals surface area contributed by atoms with Crippen molar-refractivity contribution >= 4 is 29.0 Å². The second-order valence-electron chi connectivity index (χ2n) is 4.14. The van der Waals surface area contributed by atoms with Gasteiger partial charge in [0.25, 0.3) is 0 Å². The number of thioether (sulfide) groups is 1. The van der Waals surface area contributed by atoms with Gasteiger partial charge in [-0.15, -0.1) is 0 Å². The summed E-state index contributed by atoms with van der Waals surface area (Å²) in [6.45, 7) is 2.15. The van der Waals surface area contributed by atoms with E-state index < -0.39 is 0 Å². The predicted molar refractivity (Wildman–Crippen MR) is 77.7 cm³/mol. The number of hydrogen-bond acceptors (Lipinski definition) is 4. The smallest absolute Gasteiger partial charge is 0.224 e. The summed E-state index contributed by atoms with van der Waals surface area (Å²) < 4.78 is 0. The minimum atomic E-state index is 0.0111. The highest BCUT2D eigenvalue weighted by Crippen LogP contribution is 2.13. The van der Waals surface area contributed by atoms with Crippen molar-refractivity contribution < 1.29 is 9.90 Å². The van der Waals surface area contributed by atoms with Gasteiger partial charge < -0.3 is 16.2 Å². The van der Waals surface area contributed by atoms with Crippen LogP contribution in [0.5, 0.6) is 0 Å². The minimum Gasteiger partial charge on any atom is -0.399 e. The van der Waals surface area contributed by atoms with Crippen molar-refractivity contribution in [2.24, 2.45) is 0 Å². The van der Waals surface area contributed by atoms with Crippen molar-refractivity contribution in [3.05, 3.63) is 24.3 Å². The molecule has 1 unspecified atom stereocenters. The third-order valence-electron chi connectivity index (χ3n) is 2.40. The van der Waals surface area contributed by atoms with Gasteiger partial charge in [0.2, 0.25) is 5.91 Å². The van der Waals surface area contributed by atoms with Gasteiger partial charge in [0.15, 0.2) is 0 Å². The first-order chi connectivity index (χ1) is 8.61. The number of hydrogen-bond donors (Lipinski definition) is 3. The van der Waals surface area contributed by atoms with Crippen LogP contribution in [-0.2, 0) is 4.79 Å². The van der Waals surface area contributed by atoms with E-state index in [-0.39, 0.29) is 17.8 Å². The van der Waals surface area contributed by atoms with Crippen LogP contribution in [0.15, 0.2) is 24.3 Å². The first kappa shape index (κ1) is 14.9. The number of aliphatic hydroxyl groups is 1. The average Bonchev–Trinajstić information content (AvgIpc) is 2.37. The van der Waals surface area contributed by atoms with E-state index in [0.29, 0.717) is 12.1 Å². The molecule has 0 aliphatic rings. The Morgan fingerprint density at radius 3 is 2.72 bits per heavy atom. The van der Waals surface area contributed by atoms with E-state index in [4.69, 9.17) is 10.8 Å². The zero-order valence-electron chi connectivity index (χ0n) is 10.6. The molecule has 1 aromatic rings. The van der Waals surface area contributed by atoms with E-state index in [0.717, 1.165) is 17.9 Å². The fourth-order valence-corrected chi connectivity index (χ4v) is 2.18. The number of anilines is 2. The second-order valence-corrected chi connectivity index (χ2v) is 5.68. The van der Waals surface area contributed by atoms with Gasteiger partial charge in [0.05, 0.1) is 6.61 Å². The van der Waals surface area contributed by atoms with Crippen LogP contribution in [0.3, 0.4) is 0 Å². The molecule has 0 radical (unpaired) electrons. The van der Waals surface area contributed by atoms with Crippen molar-refractivity contribution in [3.8, 4) is 0 Å². The lowest BCUT2D eigenvalue weighted by molar-refractivity contribution is -0.116. The van der Waals surface area contributed by atoms with E-state index in [1.807, 2.05) is 6.92 Å². The molecule has 0 aromatic heterocycles. The molecule has 0 aliphatic carbocycles. The average molecular weight is 268 g/mol. The molecule has 0 saturated heterocycles. The standard InChI is InChI=1S/C13H20N2O2S/c1-10(9-16)18-8-2-3-13(17)15-12-6-4-11(14)5-7-12/h4-7,10,16H,2-3,8-9,14H2,1H3,(H,15,17). The maximum Gasteiger partial charge on any atom is 0.224 e. The molecule has 1 atom stereocenters. The molecule has 1 amide bonds. The van der Waals surface area contributed by atoms with Crippen molar-refractivity contribution in [2.45, 2.75) is 25.0 Å². The fraction of sp³-hybridized carbons (Fsp3) is 0.462. The van der Waals surface area contributed by atoms with Gasteiger partial charge in [-0.25, -0.2) is 0 Å². The van der Waals surface area contributed by atoms with Gasteiger partial charge in [0, 0.05) is 23.0 Å². The number of carbonyl (C=O) groups is 1. The Bertz CT molecular complexity index is 368. The molecule has 1 aromatic carbocycles. The van der Waals surface area contributed by atoms with Gasteiger partial charge in [-0.3, -0.25) is 4.79 Å². The monoisotopic (exact) mass is 268 g/mol. The summed E-state index contributed by atoms with van der Waals surface area (Å²) in [6, 6.07) is 7.09. The number of rotatable bonds is 7. The topological polar surface area (TPSA) is 75.3 Å². The van der Waals surface area contributed by atoms with Crippen LogP contribution in [0.2, 0.25) is 0 Å². The fourth-order valence-electron chi connectivity index (χ4n) is 1.36. The summed E-state index contributed by atoms with van der Waals surface area (Å²) in [6.07, 6.45) is 1.31. The Balaban J connectivity index is 2.19.